The maximum atomic E-state index is 8.83. The van der Waals surface area contributed by atoms with Crippen LogP contribution >= 0.6 is 11.6 Å². The van der Waals surface area contributed by atoms with Crippen LogP contribution in [0.25, 0.3) is 0 Å². The second-order valence-corrected chi connectivity index (χ2v) is 4.22. The van der Waals surface area contributed by atoms with E-state index in [1.54, 1.807) is 0 Å². The Labute approximate surface area is 96.3 Å². The minimum Gasteiger partial charge on any atom is -0.411 e. The van der Waals surface area contributed by atoms with Crippen molar-refractivity contribution < 1.29 is 5.21 Å². The predicted octanol–water partition coefficient (Wildman–Crippen LogP) is 3.89. The van der Waals surface area contributed by atoms with Gasteiger partial charge in [0.05, 0.1) is 11.1 Å². The van der Waals surface area contributed by atoms with Gasteiger partial charge in [-0.25, -0.2) is 0 Å². The fourth-order valence-electron chi connectivity index (χ4n) is 1.57. The molecule has 0 radical (unpaired) electrons. The maximum absolute atomic E-state index is 8.83. The topological polar surface area (TPSA) is 32.6 Å². The normalized spacial score (nSPS) is 31.5. The van der Waals surface area contributed by atoms with Crippen molar-refractivity contribution in [2.45, 2.75) is 43.9 Å². The lowest BCUT2D eigenvalue weighted by Gasteiger charge is -2.09. The van der Waals surface area contributed by atoms with Gasteiger partial charge in [-0.15, -0.1) is 11.6 Å². The molecule has 0 heterocycles. The minimum absolute atomic E-state index is 0.132. The molecule has 0 saturated carbocycles. The molecule has 0 aromatic carbocycles. The zero-order chi connectivity index (χ0) is 10.9. The van der Waals surface area contributed by atoms with Crippen molar-refractivity contribution in [2.75, 3.05) is 0 Å². The number of alkyl halides is 1. The summed E-state index contributed by atoms with van der Waals surface area (Å²) in [5, 5.41) is 12.0. The van der Waals surface area contributed by atoms with E-state index in [0.717, 1.165) is 38.5 Å². The van der Waals surface area contributed by atoms with Crippen molar-refractivity contribution >= 4 is 17.3 Å². The summed E-state index contributed by atoms with van der Waals surface area (Å²) in [5.74, 6) is 0. The average molecular weight is 228 g/mol. The van der Waals surface area contributed by atoms with Crippen LogP contribution in [0.5, 0.6) is 0 Å². The van der Waals surface area contributed by atoms with Crippen molar-refractivity contribution in [2.24, 2.45) is 5.16 Å². The van der Waals surface area contributed by atoms with Gasteiger partial charge in [0.15, 0.2) is 0 Å². The van der Waals surface area contributed by atoms with Crippen molar-refractivity contribution in [3.63, 3.8) is 0 Å². The second-order valence-electron chi connectivity index (χ2n) is 3.70. The summed E-state index contributed by atoms with van der Waals surface area (Å²) >= 11 is 6.13. The van der Waals surface area contributed by atoms with E-state index >= 15 is 0 Å². The number of halogens is 1. The molecule has 0 spiro atoms. The monoisotopic (exact) mass is 227 g/mol. The van der Waals surface area contributed by atoms with E-state index in [1.165, 1.54) is 0 Å². The largest absolute Gasteiger partial charge is 0.411 e. The van der Waals surface area contributed by atoms with Gasteiger partial charge in [-0.1, -0.05) is 29.5 Å². The molecule has 1 aliphatic carbocycles. The fourth-order valence-corrected chi connectivity index (χ4v) is 1.85. The molecule has 1 unspecified atom stereocenters. The summed E-state index contributed by atoms with van der Waals surface area (Å²) in [4.78, 5) is 0. The lowest BCUT2D eigenvalue weighted by molar-refractivity contribution is 0.316. The van der Waals surface area contributed by atoms with Gasteiger partial charge in [-0.2, -0.15) is 0 Å². The lowest BCUT2D eigenvalue weighted by atomic mass is 10.1. The van der Waals surface area contributed by atoms with Crippen LogP contribution in [0.2, 0.25) is 0 Å². The van der Waals surface area contributed by atoms with Crippen molar-refractivity contribution in [3.8, 4) is 0 Å². The van der Waals surface area contributed by atoms with Crippen LogP contribution in [-0.4, -0.2) is 16.3 Å². The van der Waals surface area contributed by atoms with Gasteiger partial charge in [-0.3, -0.25) is 0 Å². The molecule has 0 aromatic rings. The molecule has 2 nitrogen and oxygen atoms in total. The van der Waals surface area contributed by atoms with E-state index < -0.39 is 0 Å². The first-order valence-corrected chi connectivity index (χ1v) is 5.93. The molecule has 0 fully saturated rings. The van der Waals surface area contributed by atoms with Crippen LogP contribution in [-0.2, 0) is 0 Å². The molecule has 0 amide bonds. The van der Waals surface area contributed by atoms with Gasteiger partial charge in [0.2, 0.25) is 0 Å². The second kappa shape index (κ2) is 7.52. The minimum atomic E-state index is -0.132. The first-order valence-electron chi connectivity index (χ1n) is 5.49. The van der Waals surface area contributed by atoms with Crippen molar-refractivity contribution in [3.05, 3.63) is 24.3 Å². The molecule has 0 aromatic heterocycles. The number of allylic oxidation sites excluding steroid dienone is 4. The highest BCUT2D eigenvalue weighted by Crippen LogP contribution is 2.13. The Morgan fingerprint density at radius 3 is 2.33 bits per heavy atom. The smallest absolute Gasteiger partial charge is 0.0754 e. The van der Waals surface area contributed by atoms with Crippen LogP contribution in [0, 0.1) is 0 Å². The summed E-state index contributed by atoms with van der Waals surface area (Å²) in [7, 11) is 0. The SMILES string of the molecule is O/N=C1/CC/C=C\CC/C=C\CCC1Cl. The molecule has 0 bridgehead atoms. The highest BCUT2D eigenvalue weighted by molar-refractivity contribution is 6.32. The van der Waals surface area contributed by atoms with Crippen LogP contribution in [0.15, 0.2) is 29.5 Å². The van der Waals surface area contributed by atoms with Gasteiger partial charge in [0.1, 0.15) is 0 Å². The number of hydrogen-bond donors (Lipinski definition) is 1. The van der Waals surface area contributed by atoms with Gasteiger partial charge in [0, 0.05) is 0 Å². The molecule has 84 valence electrons. The standard InChI is InChI=1S/C12H18ClNO/c13-11-9-7-5-3-1-2-4-6-8-10-12(11)14-15/h3-6,11,15H,1-2,7-10H2/b5-3-,6-4-,14-12-. The molecule has 1 N–H and O–H groups in total. The zero-order valence-corrected chi connectivity index (χ0v) is 9.66. The van der Waals surface area contributed by atoms with E-state index in [4.69, 9.17) is 16.8 Å². The third kappa shape index (κ3) is 5.03. The summed E-state index contributed by atoms with van der Waals surface area (Å²) in [6.45, 7) is 0. The molecular formula is C12H18ClNO. The molecule has 3 heteroatoms. The van der Waals surface area contributed by atoms with Gasteiger partial charge < -0.3 is 5.21 Å². The number of nitrogens with zero attached hydrogens (tertiary/aromatic N) is 1. The Morgan fingerprint density at radius 2 is 1.67 bits per heavy atom. The summed E-state index contributed by atoms with van der Waals surface area (Å²) in [6.07, 6.45) is 14.3. The maximum Gasteiger partial charge on any atom is 0.0754 e. The zero-order valence-electron chi connectivity index (χ0n) is 8.90. The summed E-state index contributed by atoms with van der Waals surface area (Å²) < 4.78 is 0. The van der Waals surface area contributed by atoms with Crippen molar-refractivity contribution in [1.82, 2.24) is 0 Å². The number of oxime groups is 1. The molecule has 0 aliphatic heterocycles. The van der Waals surface area contributed by atoms with Crippen LogP contribution in [0.1, 0.15) is 38.5 Å². The molecular weight excluding hydrogens is 210 g/mol. The third-order valence-electron chi connectivity index (χ3n) is 2.48. The Kier molecular flexibility index (Phi) is 6.17. The molecule has 1 atom stereocenters. The molecule has 0 saturated heterocycles. The van der Waals surface area contributed by atoms with Crippen molar-refractivity contribution in [1.29, 1.82) is 0 Å². The Balaban J connectivity index is 2.55. The Hall–Kier alpha value is -0.760. The van der Waals surface area contributed by atoms with Crippen LogP contribution < -0.4 is 0 Å². The number of rotatable bonds is 0. The Morgan fingerprint density at radius 1 is 1.07 bits per heavy atom. The van der Waals surface area contributed by atoms with E-state index in [2.05, 4.69) is 29.5 Å². The first-order chi connectivity index (χ1) is 7.34. The predicted molar refractivity (Wildman–Crippen MR) is 64.8 cm³/mol. The van der Waals surface area contributed by atoms with E-state index in [-0.39, 0.29) is 5.38 Å². The van der Waals surface area contributed by atoms with Gasteiger partial charge >= 0.3 is 0 Å². The third-order valence-corrected chi connectivity index (χ3v) is 2.95. The molecule has 1 aliphatic rings. The molecule has 15 heavy (non-hydrogen) atoms. The highest BCUT2D eigenvalue weighted by atomic mass is 35.5. The van der Waals surface area contributed by atoms with E-state index in [1.807, 2.05) is 0 Å². The summed E-state index contributed by atoms with van der Waals surface area (Å²) in [6, 6.07) is 0. The van der Waals surface area contributed by atoms with E-state index in [9.17, 15) is 0 Å². The van der Waals surface area contributed by atoms with Crippen LogP contribution in [0.3, 0.4) is 0 Å². The Bertz CT molecular complexity index is 258. The lowest BCUT2D eigenvalue weighted by Crippen LogP contribution is -2.14. The first kappa shape index (κ1) is 12.3. The van der Waals surface area contributed by atoms with Gasteiger partial charge in [0.25, 0.3) is 0 Å². The average Bonchev–Trinajstić information content (AvgIpc) is 2.23. The van der Waals surface area contributed by atoms with Crippen LogP contribution in [0.4, 0.5) is 0 Å². The highest BCUT2D eigenvalue weighted by Gasteiger charge is 2.12. The summed E-state index contributed by atoms with van der Waals surface area (Å²) in [5.41, 5.74) is 0.704. The molecule has 1 rings (SSSR count). The fraction of sp³-hybridized carbons (Fsp3) is 0.583. The van der Waals surface area contributed by atoms with Gasteiger partial charge in [-0.05, 0) is 38.5 Å². The quantitative estimate of drug-likeness (QED) is 0.290. The number of hydrogen-bond acceptors (Lipinski definition) is 2. The van der Waals surface area contributed by atoms with E-state index in [0.29, 0.717) is 5.71 Å².